The maximum atomic E-state index is 12.3. The Hall–Kier alpha value is -2.21. The van der Waals surface area contributed by atoms with E-state index in [0.717, 1.165) is 31.2 Å². The first kappa shape index (κ1) is 23.0. The van der Waals surface area contributed by atoms with Crippen LogP contribution in [-0.2, 0) is 19.7 Å². The zero-order chi connectivity index (χ0) is 22.4. The van der Waals surface area contributed by atoms with Crippen molar-refractivity contribution in [3.8, 4) is 0 Å². The molecular formula is C27H35NO4. The summed E-state index contributed by atoms with van der Waals surface area (Å²) in [5.74, 6) is 0.0453. The maximum Gasteiger partial charge on any atom is 0.246 e. The normalized spacial score (nSPS) is 30.2. The van der Waals surface area contributed by atoms with Gasteiger partial charge in [0, 0.05) is 30.9 Å². The molecule has 0 aromatic heterocycles. The number of hydrogen-bond acceptors (Lipinski definition) is 4. The van der Waals surface area contributed by atoms with E-state index in [1.54, 1.807) is 0 Å². The van der Waals surface area contributed by atoms with Crippen molar-refractivity contribution in [1.82, 2.24) is 5.32 Å². The summed E-state index contributed by atoms with van der Waals surface area (Å²) in [5.41, 5.74) is 2.20. The van der Waals surface area contributed by atoms with Crippen LogP contribution in [0.1, 0.15) is 56.3 Å². The van der Waals surface area contributed by atoms with Gasteiger partial charge < -0.3 is 19.9 Å². The van der Waals surface area contributed by atoms with Crippen molar-refractivity contribution in [3.63, 3.8) is 0 Å². The zero-order valence-electron chi connectivity index (χ0n) is 18.9. The number of ether oxygens (including phenoxy) is 2. The molecular weight excluding hydrogens is 402 g/mol. The molecule has 4 rings (SSSR count). The van der Waals surface area contributed by atoms with Crippen LogP contribution in [0.15, 0.2) is 60.7 Å². The summed E-state index contributed by atoms with van der Waals surface area (Å²) in [6.45, 7) is 3.08. The molecule has 2 N–H and O–H groups in total. The highest BCUT2D eigenvalue weighted by atomic mass is 16.5. The van der Waals surface area contributed by atoms with Gasteiger partial charge in [-0.05, 0) is 43.7 Å². The molecule has 2 aromatic carbocycles. The van der Waals surface area contributed by atoms with Crippen molar-refractivity contribution >= 4 is 5.91 Å². The van der Waals surface area contributed by atoms with Crippen LogP contribution in [0.2, 0.25) is 0 Å². The van der Waals surface area contributed by atoms with Crippen LogP contribution in [0, 0.1) is 5.92 Å². The second-order valence-electron chi connectivity index (χ2n) is 9.18. The second-order valence-corrected chi connectivity index (χ2v) is 9.18. The predicted molar refractivity (Wildman–Crippen MR) is 124 cm³/mol. The summed E-state index contributed by atoms with van der Waals surface area (Å²) >= 11 is 0. The first-order valence-corrected chi connectivity index (χ1v) is 11.9. The van der Waals surface area contributed by atoms with E-state index in [1.807, 2.05) is 31.2 Å². The van der Waals surface area contributed by atoms with Crippen LogP contribution in [0.5, 0.6) is 0 Å². The van der Waals surface area contributed by atoms with Gasteiger partial charge in [-0.3, -0.25) is 4.79 Å². The molecule has 2 aromatic rings. The Morgan fingerprint density at radius 3 is 2.50 bits per heavy atom. The summed E-state index contributed by atoms with van der Waals surface area (Å²) in [7, 11) is 0. The largest absolute Gasteiger partial charge is 0.393 e. The molecule has 172 valence electrons. The first-order chi connectivity index (χ1) is 15.6. The van der Waals surface area contributed by atoms with Crippen molar-refractivity contribution in [2.75, 3.05) is 19.8 Å². The molecule has 2 fully saturated rings. The third-order valence-electron chi connectivity index (χ3n) is 7.25. The van der Waals surface area contributed by atoms with Crippen molar-refractivity contribution in [3.05, 3.63) is 71.8 Å². The van der Waals surface area contributed by atoms with E-state index in [4.69, 9.17) is 9.47 Å². The number of carbonyl (C=O) groups is 1. The number of carbonyl (C=O) groups excluding carboxylic acids is 1. The standard InChI is InChI=1S/C27H35NO4/c1-2-31-18-26(30)28-19-27(21-11-7-4-8-12-21)15-13-22-23(29)17-25(32-24(22)14-16-27)20-9-5-3-6-10-20/h3-12,22-25,29H,2,13-19H2,1H3,(H,28,30)/t22-,23+,24+,25+,27+/m1/s1. The summed E-state index contributed by atoms with van der Waals surface area (Å²) in [6, 6.07) is 20.7. The second kappa shape index (κ2) is 10.6. The Morgan fingerprint density at radius 2 is 1.78 bits per heavy atom. The van der Waals surface area contributed by atoms with E-state index >= 15 is 0 Å². The summed E-state index contributed by atoms with van der Waals surface area (Å²) in [4.78, 5) is 12.3. The van der Waals surface area contributed by atoms with Gasteiger partial charge in [0.25, 0.3) is 0 Å². The fourth-order valence-electron chi connectivity index (χ4n) is 5.41. The quantitative estimate of drug-likeness (QED) is 0.683. The van der Waals surface area contributed by atoms with Crippen LogP contribution in [0.4, 0.5) is 0 Å². The zero-order valence-corrected chi connectivity index (χ0v) is 18.9. The van der Waals surface area contributed by atoms with Crippen molar-refractivity contribution in [2.45, 2.75) is 62.8 Å². The van der Waals surface area contributed by atoms with E-state index in [9.17, 15) is 9.90 Å². The van der Waals surface area contributed by atoms with Gasteiger partial charge in [0.05, 0.1) is 18.3 Å². The number of hydrogen-bond donors (Lipinski definition) is 2. The van der Waals surface area contributed by atoms with Crippen LogP contribution in [0.25, 0.3) is 0 Å². The van der Waals surface area contributed by atoms with Gasteiger partial charge in [0.2, 0.25) is 5.91 Å². The lowest BCUT2D eigenvalue weighted by Crippen LogP contribution is -2.42. The van der Waals surface area contributed by atoms with E-state index in [0.29, 0.717) is 19.6 Å². The molecule has 0 radical (unpaired) electrons. The minimum Gasteiger partial charge on any atom is -0.393 e. The molecule has 1 aliphatic carbocycles. The third kappa shape index (κ3) is 5.22. The average Bonchev–Trinajstić information content (AvgIpc) is 3.03. The first-order valence-electron chi connectivity index (χ1n) is 11.9. The van der Waals surface area contributed by atoms with Crippen LogP contribution >= 0.6 is 0 Å². The third-order valence-corrected chi connectivity index (χ3v) is 7.25. The maximum absolute atomic E-state index is 12.3. The van der Waals surface area contributed by atoms with Gasteiger partial charge in [0.15, 0.2) is 0 Å². The van der Waals surface area contributed by atoms with Crippen molar-refractivity contribution in [2.24, 2.45) is 5.92 Å². The summed E-state index contributed by atoms with van der Waals surface area (Å²) < 4.78 is 11.8. The molecule has 5 nitrogen and oxygen atoms in total. The Balaban J connectivity index is 1.52. The molecule has 0 spiro atoms. The van der Waals surface area contributed by atoms with E-state index < -0.39 is 0 Å². The Bertz CT molecular complexity index is 858. The Kier molecular flexibility index (Phi) is 7.61. The average molecular weight is 438 g/mol. The van der Waals surface area contributed by atoms with Gasteiger partial charge in [-0.15, -0.1) is 0 Å². The van der Waals surface area contributed by atoms with Crippen molar-refractivity contribution < 1.29 is 19.4 Å². The van der Waals surface area contributed by atoms with Crippen LogP contribution < -0.4 is 5.32 Å². The molecule has 0 unspecified atom stereocenters. The fraction of sp³-hybridized carbons (Fsp3) is 0.519. The Labute approximate surface area is 191 Å². The molecule has 5 atom stereocenters. The lowest BCUT2D eigenvalue weighted by molar-refractivity contribution is -0.139. The van der Waals surface area contributed by atoms with Gasteiger partial charge in [-0.2, -0.15) is 0 Å². The monoisotopic (exact) mass is 437 g/mol. The topological polar surface area (TPSA) is 67.8 Å². The number of aliphatic hydroxyl groups excluding tert-OH is 1. The van der Waals surface area contributed by atoms with Gasteiger partial charge in [0.1, 0.15) is 6.61 Å². The number of fused-ring (bicyclic) bond motifs is 1. The van der Waals surface area contributed by atoms with Crippen LogP contribution in [0.3, 0.4) is 0 Å². The summed E-state index contributed by atoms with van der Waals surface area (Å²) in [6.07, 6.45) is 3.76. The molecule has 2 aliphatic rings. The smallest absolute Gasteiger partial charge is 0.246 e. The molecule has 0 bridgehead atoms. The number of aliphatic hydroxyl groups is 1. The highest BCUT2D eigenvalue weighted by molar-refractivity contribution is 5.77. The molecule has 1 aliphatic heterocycles. The SMILES string of the molecule is CCOCC(=O)NC[C@]1(c2ccccc2)CC[C@H]2[C@H](CC1)O[C@H](c1ccccc1)C[C@@H]2O. The molecule has 1 saturated heterocycles. The molecule has 32 heavy (non-hydrogen) atoms. The van der Waals surface area contributed by atoms with Gasteiger partial charge in [-0.1, -0.05) is 60.7 Å². The highest BCUT2D eigenvalue weighted by Gasteiger charge is 2.44. The minimum atomic E-state index is -0.377. The van der Waals surface area contributed by atoms with Crippen molar-refractivity contribution in [1.29, 1.82) is 0 Å². The van der Waals surface area contributed by atoms with E-state index in [2.05, 4.69) is 41.7 Å². The van der Waals surface area contributed by atoms with Gasteiger partial charge in [-0.25, -0.2) is 0 Å². The van der Waals surface area contributed by atoms with E-state index in [-0.39, 0.29) is 42.2 Å². The number of amides is 1. The molecule has 1 saturated carbocycles. The minimum absolute atomic E-state index is 0.0219. The van der Waals surface area contributed by atoms with E-state index in [1.165, 1.54) is 5.56 Å². The molecule has 1 amide bonds. The number of rotatable bonds is 7. The van der Waals surface area contributed by atoms with Crippen LogP contribution in [-0.4, -0.2) is 43.0 Å². The lowest BCUT2D eigenvalue weighted by Gasteiger charge is -2.39. The molecule has 1 heterocycles. The predicted octanol–water partition coefficient (Wildman–Crippen LogP) is 4.16. The number of nitrogens with one attached hydrogen (secondary N) is 1. The lowest BCUT2D eigenvalue weighted by atomic mass is 9.74. The Morgan fingerprint density at radius 1 is 1.09 bits per heavy atom. The number of benzene rings is 2. The van der Waals surface area contributed by atoms with Gasteiger partial charge >= 0.3 is 0 Å². The fourth-order valence-corrected chi connectivity index (χ4v) is 5.41. The highest BCUT2D eigenvalue weighted by Crippen LogP contribution is 2.46. The summed E-state index contributed by atoms with van der Waals surface area (Å²) in [5, 5.41) is 14.2. The molecule has 5 heteroatoms.